The summed E-state index contributed by atoms with van der Waals surface area (Å²) >= 11 is 0. The van der Waals surface area contributed by atoms with Crippen LogP contribution < -0.4 is 9.47 Å². The lowest BCUT2D eigenvalue weighted by Crippen LogP contribution is -2.30. The summed E-state index contributed by atoms with van der Waals surface area (Å²) in [7, 11) is 6.33. The zero-order valence-corrected chi connectivity index (χ0v) is 15.2. The summed E-state index contributed by atoms with van der Waals surface area (Å²) in [4.78, 5) is 2.17. The van der Waals surface area contributed by atoms with Crippen LogP contribution in [0.4, 0.5) is 5.69 Å². The molecule has 0 fully saturated rings. The van der Waals surface area contributed by atoms with E-state index in [-0.39, 0.29) is 0 Å². The molecule has 1 aromatic heterocycles. The van der Waals surface area contributed by atoms with Gasteiger partial charge in [0.15, 0.2) is 0 Å². The Morgan fingerprint density at radius 1 is 0.760 bits per heavy atom. The minimum absolute atomic E-state index is 1.26. The third-order valence-corrected chi connectivity index (χ3v) is 5.04. The van der Waals surface area contributed by atoms with Crippen LogP contribution >= 0.6 is 0 Å². The molecule has 124 valence electrons. The number of pyridine rings is 1. The predicted octanol–water partition coefficient (Wildman–Crippen LogP) is 4.86. The van der Waals surface area contributed by atoms with Crippen LogP contribution in [0.5, 0.6) is 0 Å². The van der Waals surface area contributed by atoms with Crippen molar-refractivity contribution in [3.8, 4) is 11.1 Å². The second-order valence-corrected chi connectivity index (χ2v) is 6.86. The molecule has 0 atom stereocenters. The van der Waals surface area contributed by atoms with E-state index in [9.17, 15) is 0 Å². The summed E-state index contributed by atoms with van der Waals surface area (Å²) in [6, 6.07) is 24.1. The second kappa shape index (κ2) is 5.89. The molecule has 0 N–H and O–H groups in total. The van der Waals surface area contributed by atoms with E-state index < -0.39 is 0 Å². The minimum Gasteiger partial charge on any atom is -0.377 e. The Hall–Kier alpha value is -2.87. The third kappa shape index (κ3) is 2.45. The maximum atomic E-state index is 2.31. The number of hydrogen-bond donors (Lipinski definition) is 0. The van der Waals surface area contributed by atoms with Crippen molar-refractivity contribution in [1.82, 2.24) is 0 Å². The zero-order chi connectivity index (χ0) is 17.6. The van der Waals surface area contributed by atoms with Gasteiger partial charge < -0.3 is 4.90 Å². The number of nitrogens with zero attached hydrogens (tertiary/aromatic N) is 2. The fourth-order valence-electron chi connectivity index (χ4n) is 3.85. The first-order chi connectivity index (χ1) is 12.1. The Balaban J connectivity index is 2.13. The van der Waals surface area contributed by atoms with Crippen LogP contribution in [0.2, 0.25) is 0 Å². The van der Waals surface area contributed by atoms with E-state index in [1.165, 1.54) is 44.2 Å². The maximum absolute atomic E-state index is 2.31. The standard InChI is InChI=1S/C23H23N2/c1-16-15-17(13-14-20(16)24(2)3)23-18-9-5-7-11-21(18)25(4)22-12-8-6-10-19(22)23/h5-15H,1-4H3/q+1. The van der Waals surface area contributed by atoms with Gasteiger partial charge in [0.1, 0.15) is 7.05 Å². The van der Waals surface area contributed by atoms with E-state index >= 15 is 0 Å². The number of anilines is 1. The number of rotatable bonds is 2. The summed E-state index contributed by atoms with van der Waals surface area (Å²) in [5, 5.41) is 2.58. The minimum atomic E-state index is 1.26. The topological polar surface area (TPSA) is 7.12 Å². The maximum Gasteiger partial charge on any atom is 0.213 e. The Labute approximate surface area is 149 Å². The van der Waals surface area contributed by atoms with Gasteiger partial charge in [-0.25, -0.2) is 0 Å². The van der Waals surface area contributed by atoms with Gasteiger partial charge >= 0.3 is 0 Å². The highest BCUT2D eigenvalue weighted by molar-refractivity contribution is 6.07. The van der Waals surface area contributed by atoms with E-state index in [1.54, 1.807) is 0 Å². The molecule has 0 saturated heterocycles. The summed E-state index contributed by atoms with van der Waals surface area (Å²) in [5.74, 6) is 0. The molecule has 0 aliphatic rings. The van der Waals surface area contributed by atoms with Crippen LogP contribution in [0.3, 0.4) is 0 Å². The van der Waals surface area contributed by atoms with Gasteiger partial charge in [-0.05, 0) is 42.3 Å². The van der Waals surface area contributed by atoms with Gasteiger partial charge in [0.05, 0.1) is 10.8 Å². The second-order valence-electron chi connectivity index (χ2n) is 6.86. The van der Waals surface area contributed by atoms with Crippen LogP contribution in [0.1, 0.15) is 5.56 Å². The molecule has 0 unspecified atom stereocenters. The molecule has 0 aliphatic heterocycles. The number of aromatic nitrogens is 1. The molecule has 4 rings (SSSR count). The number of hydrogen-bond acceptors (Lipinski definition) is 1. The molecule has 0 saturated carbocycles. The molecule has 25 heavy (non-hydrogen) atoms. The normalized spacial score (nSPS) is 11.2. The van der Waals surface area contributed by atoms with E-state index in [0.717, 1.165) is 0 Å². The van der Waals surface area contributed by atoms with Crippen molar-refractivity contribution in [2.45, 2.75) is 6.92 Å². The van der Waals surface area contributed by atoms with Crippen molar-refractivity contribution >= 4 is 27.5 Å². The average Bonchev–Trinajstić information content (AvgIpc) is 2.62. The highest BCUT2D eigenvalue weighted by Crippen LogP contribution is 2.35. The smallest absolute Gasteiger partial charge is 0.213 e. The largest absolute Gasteiger partial charge is 0.377 e. The van der Waals surface area contributed by atoms with Gasteiger partial charge in [0.25, 0.3) is 0 Å². The SMILES string of the molecule is Cc1cc(-c2c3ccccc3[n+](C)c3ccccc23)ccc1N(C)C. The highest BCUT2D eigenvalue weighted by atomic mass is 15.1. The number of para-hydroxylation sites is 2. The molecular weight excluding hydrogens is 304 g/mol. The van der Waals surface area contributed by atoms with Crippen LogP contribution in [0.25, 0.3) is 32.9 Å². The van der Waals surface area contributed by atoms with Crippen molar-refractivity contribution in [3.63, 3.8) is 0 Å². The number of aryl methyl sites for hydroxylation is 2. The lowest BCUT2D eigenvalue weighted by molar-refractivity contribution is -0.617. The van der Waals surface area contributed by atoms with Crippen LogP contribution in [-0.4, -0.2) is 14.1 Å². The highest BCUT2D eigenvalue weighted by Gasteiger charge is 2.18. The monoisotopic (exact) mass is 327 g/mol. The van der Waals surface area contributed by atoms with E-state index in [1.807, 2.05) is 0 Å². The summed E-state index contributed by atoms with van der Waals surface area (Å²) in [5.41, 5.74) is 7.66. The van der Waals surface area contributed by atoms with Crippen molar-refractivity contribution in [1.29, 1.82) is 0 Å². The molecule has 0 aliphatic carbocycles. The first-order valence-electron chi connectivity index (χ1n) is 8.66. The van der Waals surface area contributed by atoms with E-state index in [4.69, 9.17) is 0 Å². The first-order valence-corrected chi connectivity index (χ1v) is 8.66. The summed E-state index contributed by atoms with van der Waals surface area (Å²) < 4.78 is 2.29. The Morgan fingerprint density at radius 3 is 1.84 bits per heavy atom. The van der Waals surface area contributed by atoms with Gasteiger partial charge in [0, 0.05) is 37.5 Å². The zero-order valence-electron chi connectivity index (χ0n) is 15.2. The van der Waals surface area contributed by atoms with Crippen molar-refractivity contribution in [2.75, 3.05) is 19.0 Å². The van der Waals surface area contributed by atoms with Gasteiger partial charge in [0.2, 0.25) is 11.0 Å². The molecule has 1 heterocycles. The fraction of sp³-hybridized carbons (Fsp3) is 0.174. The van der Waals surface area contributed by atoms with Gasteiger partial charge in [-0.1, -0.05) is 30.3 Å². The molecule has 0 radical (unpaired) electrons. The molecule has 2 nitrogen and oxygen atoms in total. The Kier molecular flexibility index (Phi) is 3.69. The van der Waals surface area contributed by atoms with Crippen LogP contribution in [0, 0.1) is 6.92 Å². The van der Waals surface area contributed by atoms with E-state index in [0.29, 0.717) is 0 Å². The molecule has 0 amide bonds. The molecule has 4 aromatic rings. The Morgan fingerprint density at radius 2 is 1.32 bits per heavy atom. The molecular formula is C23H23N2+. The Bertz CT molecular complexity index is 1040. The van der Waals surface area contributed by atoms with Crippen LogP contribution in [-0.2, 0) is 7.05 Å². The van der Waals surface area contributed by atoms with Crippen molar-refractivity contribution in [2.24, 2.45) is 7.05 Å². The number of benzene rings is 3. The lowest BCUT2D eigenvalue weighted by Gasteiger charge is -2.17. The van der Waals surface area contributed by atoms with Gasteiger partial charge in [-0.2, -0.15) is 4.57 Å². The quantitative estimate of drug-likeness (QED) is 0.377. The molecule has 0 bridgehead atoms. The first kappa shape index (κ1) is 15.6. The molecule has 3 aromatic carbocycles. The average molecular weight is 327 g/mol. The van der Waals surface area contributed by atoms with Crippen molar-refractivity contribution in [3.05, 3.63) is 72.3 Å². The van der Waals surface area contributed by atoms with Crippen molar-refractivity contribution < 1.29 is 4.57 Å². The number of fused-ring (bicyclic) bond motifs is 2. The van der Waals surface area contributed by atoms with Crippen LogP contribution in [0.15, 0.2) is 66.7 Å². The molecule has 0 spiro atoms. The predicted molar refractivity (Wildman–Crippen MR) is 107 cm³/mol. The third-order valence-electron chi connectivity index (χ3n) is 5.04. The van der Waals surface area contributed by atoms with E-state index in [2.05, 4.69) is 104 Å². The summed E-state index contributed by atoms with van der Waals surface area (Å²) in [6.07, 6.45) is 0. The lowest BCUT2D eigenvalue weighted by atomic mass is 9.94. The van der Waals surface area contributed by atoms with Gasteiger partial charge in [-0.15, -0.1) is 0 Å². The summed E-state index contributed by atoms with van der Waals surface area (Å²) in [6.45, 7) is 2.19. The fourth-order valence-corrected chi connectivity index (χ4v) is 3.85. The molecule has 2 heteroatoms. The van der Waals surface area contributed by atoms with Gasteiger partial charge in [-0.3, -0.25) is 0 Å².